The van der Waals surface area contributed by atoms with Crippen molar-refractivity contribution < 1.29 is 14.3 Å². The molecule has 0 aromatic carbocycles. The Bertz CT molecular complexity index is 225. The first-order chi connectivity index (χ1) is 7.18. The van der Waals surface area contributed by atoms with E-state index in [0.717, 1.165) is 19.4 Å². The second-order valence-electron chi connectivity index (χ2n) is 3.67. The Hall–Kier alpha value is -1.10. The first kappa shape index (κ1) is 12.0. The van der Waals surface area contributed by atoms with Gasteiger partial charge in [0.2, 0.25) is 11.8 Å². The zero-order valence-corrected chi connectivity index (χ0v) is 9.04. The molecule has 0 bridgehead atoms. The van der Waals surface area contributed by atoms with E-state index >= 15 is 0 Å². The van der Waals surface area contributed by atoms with Crippen molar-refractivity contribution in [3.05, 3.63) is 0 Å². The van der Waals surface area contributed by atoms with Gasteiger partial charge in [-0.15, -0.1) is 0 Å². The van der Waals surface area contributed by atoms with Crippen molar-refractivity contribution >= 4 is 11.8 Å². The summed E-state index contributed by atoms with van der Waals surface area (Å²) in [5.41, 5.74) is 0. The Balaban J connectivity index is 2.00. The molecule has 86 valence electrons. The average molecular weight is 214 g/mol. The lowest BCUT2D eigenvalue weighted by Crippen LogP contribution is -2.34. The van der Waals surface area contributed by atoms with Crippen molar-refractivity contribution in [1.29, 1.82) is 0 Å². The summed E-state index contributed by atoms with van der Waals surface area (Å²) >= 11 is 0. The van der Waals surface area contributed by atoms with Crippen molar-refractivity contribution in [2.75, 3.05) is 19.7 Å². The zero-order valence-electron chi connectivity index (χ0n) is 9.04. The van der Waals surface area contributed by atoms with Gasteiger partial charge in [-0.1, -0.05) is 0 Å². The summed E-state index contributed by atoms with van der Waals surface area (Å²) < 4.78 is 5.36. The van der Waals surface area contributed by atoms with E-state index in [9.17, 15) is 9.59 Å². The maximum Gasteiger partial charge on any atom is 0.221 e. The maximum absolute atomic E-state index is 11.3. The molecule has 0 spiro atoms. The highest BCUT2D eigenvalue weighted by Gasteiger charge is 2.15. The summed E-state index contributed by atoms with van der Waals surface area (Å²) in [5, 5.41) is 5.36. The van der Waals surface area contributed by atoms with Crippen LogP contribution in [0.1, 0.15) is 26.2 Å². The first-order valence-electron chi connectivity index (χ1n) is 5.31. The topological polar surface area (TPSA) is 67.4 Å². The lowest BCUT2D eigenvalue weighted by Gasteiger charge is -2.10. The number of carbonyl (C=O) groups excluding carboxylic acids is 2. The van der Waals surface area contributed by atoms with Crippen molar-refractivity contribution in [3.8, 4) is 0 Å². The minimum atomic E-state index is -0.109. The fraction of sp³-hybridized carbons (Fsp3) is 0.800. The van der Waals surface area contributed by atoms with Gasteiger partial charge in [0.05, 0.1) is 6.10 Å². The number of ether oxygens (including phenoxy) is 1. The highest BCUT2D eigenvalue weighted by molar-refractivity contribution is 5.77. The Kier molecular flexibility index (Phi) is 5.10. The largest absolute Gasteiger partial charge is 0.376 e. The van der Waals surface area contributed by atoms with Crippen LogP contribution in [-0.4, -0.2) is 37.6 Å². The fourth-order valence-corrected chi connectivity index (χ4v) is 1.47. The maximum atomic E-state index is 11.3. The van der Waals surface area contributed by atoms with Crippen LogP contribution in [0.4, 0.5) is 0 Å². The number of nitrogens with one attached hydrogen (secondary N) is 2. The minimum Gasteiger partial charge on any atom is -0.376 e. The van der Waals surface area contributed by atoms with Crippen LogP contribution < -0.4 is 10.6 Å². The summed E-state index contributed by atoms with van der Waals surface area (Å²) in [6, 6.07) is 0. The van der Waals surface area contributed by atoms with E-state index in [1.54, 1.807) is 0 Å². The van der Waals surface area contributed by atoms with E-state index in [-0.39, 0.29) is 17.9 Å². The van der Waals surface area contributed by atoms with E-state index in [1.165, 1.54) is 6.92 Å². The second-order valence-corrected chi connectivity index (χ2v) is 3.67. The third-order valence-electron chi connectivity index (χ3n) is 2.28. The Morgan fingerprint density at radius 3 is 2.80 bits per heavy atom. The van der Waals surface area contributed by atoms with Crippen LogP contribution in [-0.2, 0) is 14.3 Å². The lowest BCUT2D eigenvalue weighted by atomic mass is 10.2. The third kappa shape index (κ3) is 5.37. The van der Waals surface area contributed by atoms with Gasteiger partial charge in [0.1, 0.15) is 0 Å². The number of hydrogen-bond donors (Lipinski definition) is 2. The van der Waals surface area contributed by atoms with Crippen molar-refractivity contribution in [2.24, 2.45) is 0 Å². The molecule has 5 nitrogen and oxygen atoms in total. The highest BCUT2D eigenvalue weighted by Crippen LogP contribution is 2.10. The van der Waals surface area contributed by atoms with E-state index in [4.69, 9.17) is 4.74 Å². The normalized spacial score (nSPS) is 19.9. The molecule has 0 radical (unpaired) electrons. The van der Waals surface area contributed by atoms with E-state index in [1.807, 2.05) is 0 Å². The molecule has 15 heavy (non-hydrogen) atoms. The number of amides is 2. The van der Waals surface area contributed by atoms with Crippen molar-refractivity contribution in [2.45, 2.75) is 32.3 Å². The molecule has 1 aliphatic rings. The van der Waals surface area contributed by atoms with Crippen LogP contribution in [0, 0.1) is 0 Å². The van der Waals surface area contributed by atoms with Crippen LogP contribution in [0.5, 0.6) is 0 Å². The molecular weight excluding hydrogens is 196 g/mol. The van der Waals surface area contributed by atoms with Crippen LogP contribution >= 0.6 is 0 Å². The zero-order chi connectivity index (χ0) is 11.1. The molecule has 1 rings (SSSR count). The van der Waals surface area contributed by atoms with Gasteiger partial charge in [-0.3, -0.25) is 9.59 Å². The summed E-state index contributed by atoms with van der Waals surface area (Å²) in [4.78, 5) is 21.8. The Labute approximate surface area is 89.6 Å². The molecule has 0 aromatic rings. The Morgan fingerprint density at radius 2 is 2.20 bits per heavy atom. The summed E-state index contributed by atoms with van der Waals surface area (Å²) in [7, 11) is 0. The predicted octanol–water partition coefficient (Wildman–Crippen LogP) is -0.192. The molecule has 1 unspecified atom stereocenters. The van der Waals surface area contributed by atoms with Crippen LogP contribution in [0.25, 0.3) is 0 Å². The summed E-state index contributed by atoms with van der Waals surface area (Å²) in [6.45, 7) is 3.21. The van der Waals surface area contributed by atoms with Crippen LogP contribution in [0.3, 0.4) is 0 Å². The predicted molar refractivity (Wildman–Crippen MR) is 55.3 cm³/mol. The molecule has 1 aliphatic heterocycles. The van der Waals surface area contributed by atoms with Gasteiger partial charge in [0.25, 0.3) is 0 Å². The monoisotopic (exact) mass is 214 g/mol. The molecule has 5 heteroatoms. The number of carbonyl (C=O) groups is 2. The summed E-state index contributed by atoms with van der Waals surface area (Å²) in [6.07, 6.45) is 2.60. The van der Waals surface area contributed by atoms with E-state index in [2.05, 4.69) is 10.6 Å². The van der Waals surface area contributed by atoms with Crippen molar-refractivity contribution in [1.82, 2.24) is 10.6 Å². The van der Waals surface area contributed by atoms with Gasteiger partial charge in [-0.2, -0.15) is 0 Å². The van der Waals surface area contributed by atoms with Gasteiger partial charge >= 0.3 is 0 Å². The summed E-state index contributed by atoms with van der Waals surface area (Å²) in [5.74, 6) is -0.152. The van der Waals surface area contributed by atoms with Crippen LogP contribution in [0.15, 0.2) is 0 Å². The quantitative estimate of drug-likeness (QED) is 0.666. The van der Waals surface area contributed by atoms with E-state index < -0.39 is 0 Å². The molecule has 1 atom stereocenters. The van der Waals surface area contributed by atoms with Gasteiger partial charge in [0, 0.05) is 33.0 Å². The molecule has 2 N–H and O–H groups in total. The molecule has 0 aromatic heterocycles. The minimum absolute atomic E-state index is 0.0424. The average Bonchev–Trinajstić information content (AvgIpc) is 2.66. The van der Waals surface area contributed by atoms with Gasteiger partial charge in [0.15, 0.2) is 0 Å². The first-order valence-corrected chi connectivity index (χ1v) is 5.31. The molecule has 1 fully saturated rings. The molecule has 1 heterocycles. The Morgan fingerprint density at radius 1 is 1.40 bits per heavy atom. The number of hydrogen-bond acceptors (Lipinski definition) is 3. The van der Waals surface area contributed by atoms with Gasteiger partial charge in [-0.25, -0.2) is 0 Å². The molecular formula is C10H18N2O3. The third-order valence-corrected chi connectivity index (χ3v) is 2.28. The molecule has 0 aliphatic carbocycles. The van der Waals surface area contributed by atoms with Gasteiger partial charge < -0.3 is 15.4 Å². The van der Waals surface area contributed by atoms with Gasteiger partial charge in [-0.05, 0) is 12.8 Å². The standard InChI is InChI=1S/C10H18N2O3/c1-8(13)11-5-4-10(14)12-7-9-3-2-6-15-9/h9H,2-7H2,1H3,(H,11,13)(H,12,14). The SMILES string of the molecule is CC(=O)NCCC(=O)NCC1CCCO1. The smallest absolute Gasteiger partial charge is 0.221 e. The number of rotatable bonds is 5. The lowest BCUT2D eigenvalue weighted by molar-refractivity contribution is -0.122. The second kappa shape index (κ2) is 6.40. The molecule has 0 saturated carbocycles. The highest BCUT2D eigenvalue weighted by atomic mass is 16.5. The van der Waals surface area contributed by atoms with Crippen LogP contribution in [0.2, 0.25) is 0 Å². The van der Waals surface area contributed by atoms with Crippen molar-refractivity contribution in [3.63, 3.8) is 0 Å². The van der Waals surface area contributed by atoms with E-state index in [0.29, 0.717) is 19.5 Å². The fourth-order valence-electron chi connectivity index (χ4n) is 1.47. The molecule has 1 saturated heterocycles. The molecule has 2 amide bonds.